The minimum absolute atomic E-state index is 0.0694. The molecule has 0 saturated carbocycles. The number of nitrogens with two attached hydrogens (primary N) is 1. The molecule has 1 aliphatic heterocycles. The molecule has 1 aliphatic rings. The Morgan fingerprint density at radius 1 is 1.64 bits per heavy atom. The Kier molecular flexibility index (Phi) is 4.35. The molecule has 1 saturated heterocycles. The van der Waals surface area contributed by atoms with Gasteiger partial charge in [0.25, 0.3) is 0 Å². The summed E-state index contributed by atoms with van der Waals surface area (Å²) in [6.07, 6.45) is 1.32. The SMILES string of the molecule is CC(C)C1OCCC1CNC(=O)CN. The molecule has 2 unspecified atom stereocenters. The molecule has 0 bridgehead atoms. The lowest BCUT2D eigenvalue weighted by atomic mass is 9.93. The van der Waals surface area contributed by atoms with Gasteiger partial charge in [0, 0.05) is 19.1 Å². The molecule has 4 heteroatoms. The van der Waals surface area contributed by atoms with E-state index in [0.717, 1.165) is 13.0 Å². The van der Waals surface area contributed by atoms with E-state index in [2.05, 4.69) is 19.2 Å². The summed E-state index contributed by atoms with van der Waals surface area (Å²) < 4.78 is 5.61. The first-order valence-corrected chi connectivity index (χ1v) is 5.23. The monoisotopic (exact) mass is 200 g/mol. The Morgan fingerprint density at radius 3 is 2.93 bits per heavy atom. The summed E-state index contributed by atoms with van der Waals surface area (Å²) in [6, 6.07) is 0. The minimum atomic E-state index is -0.0839. The number of hydrogen-bond donors (Lipinski definition) is 2. The van der Waals surface area contributed by atoms with Gasteiger partial charge in [0.1, 0.15) is 0 Å². The quantitative estimate of drug-likeness (QED) is 0.677. The molecular formula is C10H20N2O2. The average Bonchev–Trinajstić information content (AvgIpc) is 2.62. The molecule has 0 aliphatic carbocycles. The van der Waals surface area contributed by atoms with Gasteiger partial charge in [0.2, 0.25) is 5.91 Å². The minimum Gasteiger partial charge on any atom is -0.378 e. The molecule has 2 atom stereocenters. The maximum Gasteiger partial charge on any atom is 0.233 e. The van der Waals surface area contributed by atoms with E-state index < -0.39 is 0 Å². The fraction of sp³-hybridized carbons (Fsp3) is 0.900. The third-order valence-electron chi connectivity index (χ3n) is 2.67. The van der Waals surface area contributed by atoms with E-state index in [1.807, 2.05) is 0 Å². The summed E-state index contributed by atoms with van der Waals surface area (Å²) in [4.78, 5) is 11.0. The third kappa shape index (κ3) is 2.96. The summed E-state index contributed by atoms with van der Waals surface area (Å²) >= 11 is 0. The van der Waals surface area contributed by atoms with E-state index in [-0.39, 0.29) is 18.6 Å². The lowest BCUT2D eigenvalue weighted by Gasteiger charge is -2.22. The average molecular weight is 200 g/mol. The van der Waals surface area contributed by atoms with Crippen LogP contribution in [0, 0.1) is 11.8 Å². The zero-order valence-corrected chi connectivity index (χ0v) is 8.95. The van der Waals surface area contributed by atoms with Gasteiger partial charge in [0.05, 0.1) is 12.6 Å². The second kappa shape index (κ2) is 5.32. The van der Waals surface area contributed by atoms with Crippen molar-refractivity contribution in [3.8, 4) is 0 Å². The van der Waals surface area contributed by atoms with Crippen LogP contribution in [0.1, 0.15) is 20.3 Å². The Bertz CT molecular complexity index is 195. The molecule has 1 heterocycles. The Morgan fingerprint density at radius 2 is 2.36 bits per heavy atom. The highest BCUT2D eigenvalue weighted by Crippen LogP contribution is 2.25. The van der Waals surface area contributed by atoms with Crippen LogP contribution in [0.5, 0.6) is 0 Å². The van der Waals surface area contributed by atoms with Gasteiger partial charge in [-0.05, 0) is 12.3 Å². The summed E-state index contributed by atoms with van der Waals surface area (Å²) in [6.45, 7) is 5.87. The van der Waals surface area contributed by atoms with Gasteiger partial charge < -0.3 is 15.8 Å². The van der Waals surface area contributed by atoms with E-state index in [1.165, 1.54) is 0 Å². The predicted octanol–water partition coefficient (Wildman–Crippen LogP) is 0.122. The van der Waals surface area contributed by atoms with Crippen molar-refractivity contribution in [1.29, 1.82) is 0 Å². The molecule has 0 aromatic rings. The molecule has 1 fully saturated rings. The number of amides is 1. The van der Waals surface area contributed by atoms with Gasteiger partial charge in [-0.1, -0.05) is 13.8 Å². The number of carbonyl (C=O) groups is 1. The van der Waals surface area contributed by atoms with Crippen molar-refractivity contribution >= 4 is 5.91 Å². The summed E-state index contributed by atoms with van der Waals surface area (Å²) in [5, 5.41) is 2.82. The summed E-state index contributed by atoms with van der Waals surface area (Å²) in [7, 11) is 0. The highest BCUT2D eigenvalue weighted by atomic mass is 16.5. The van der Waals surface area contributed by atoms with Gasteiger partial charge in [-0.2, -0.15) is 0 Å². The highest BCUT2D eigenvalue weighted by Gasteiger charge is 2.30. The predicted molar refractivity (Wildman–Crippen MR) is 54.7 cm³/mol. The van der Waals surface area contributed by atoms with Crippen molar-refractivity contribution in [3.63, 3.8) is 0 Å². The molecule has 82 valence electrons. The van der Waals surface area contributed by atoms with Crippen molar-refractivity contribution in [3.05, 3.63) is 0 Å². The molecule has 3 N–H and O–H groups in total. The molecule has 0 spiro atoms. The van der Waals surface area contributed by atoms with Crippen LogP contribution in [0.3, 0.4) is 0 Å². The molecule has 0 radical (unpaired) electrons. The van der Waals surface area contributed by atoms with Crippen molar-refractivity contribution in [2.75, 3.05) is 19.7 Å². The maximum absolute atomic E-state index is 11.0. The molecule has 0 aromatic carbocycles. The normalized spacial score (nSPS) is 26.9. The van der Waals surface area contributed by atoms with Crippen LogP contribution in [0.15, 0.2) is 0 Å². The zero-order valence-electron chi connectivity index (χ0n) is 8.95. The molecule has 14 heavy (non-hydrogen) atoms. The van der Waals surface area contributed by atoms with Crippen LogP contribution in [-0.4, -0.2) is 31.7 Å². The molecular weight excluding hydrogens is 180 g/mol. The van der Waals surface area contributed by atoms with Crippen LogP contribution in [0.4, 0.5) is 0 Å². The topological polar surface area (TPSA) is 64.3 Å². The highest BCUT2D eigenvalue weighted by molar-refractivity contribution is 5.77. The maximum atomic E-state index is 11.0. The van der Waals surface area contributed by atoms with E-state index in [0.29, 0.717) is 18.4 Å². The third-order valence-corrected chi connectivity index (χ3v) is 2.67. The largest absolute Gasteiger partial charge is 0.378 e. The Balaban J connectivity index is 2.32. The van der Waals surface area contributed by atoms with E-state index in [1.54, 1.807) is 0 Å². The van der Waals surface area contributed by atoms with Crippen LogP contribution in [-0.2, 0) is 9.53 Å². The molecule has 1 amide bonds. The van der Waals surface area contributed by atoms with Crippen LogP contribution in [0.2, 0.25) is 0 Å². The van der Waals surface area contributed by atoms with Gasteiger partial charge in [-0.3, -0.25) is 4.79 Å². The van der Waals surface area contributed by atoms with Crippen LogP contribution in [0.25, 0.3) is 0 Å². The number of nitrogens with one attached hydrogen (secondary N) is 1. The fourth-order valence-electron chi connectivity index (χ4n) is 1.93. The van der Waals surface area contributed by atoms with Gasteiger partial charge in [-0.25, -0.2) is 0 Å². The molecule has 0 aromatic heterocycles. The van der Waals surface area contributed by atoms with Crippen molar-refractivity contribution in [2.45, 2.75) is 26.4 Å². The van der Waals surface area contributed by atoms with E-state index in [4.69, 9.17) is 10.5 Å². The lowest BCUT2D eigenvalue weighted by molar-refractivity contribution is -0.120. The number of rotatable bonds is 4. The van der Waals surface area contributed by atoms with Crippen LogP contribution >= 0.6 is 0 Å². The smallest absolute Gasteiger partial charge is 0.233 e. The van der Waals surface area contributed by atoms with E-state index in [9.17, 15) is 4.79 Å². The Labute approximate surface area is 85.2 Å². The van der Waals surface area contributed by atoms with E-state index >= 15 is 0 Å². The summed E-state index contributed by atoms with van der Waals surface area (Å²) in [5.74, 6) is 0.877. The second-order valence-electron chi connectivity index (χ2n) is 4.14. The Hall–Kier alpha value is -0.610. The fourth-order valence-corrected chi connectivity index (χ4v) is 1.93. The zero-order chi connectivity index (χ0) is 10.6. The molecule has 4 nitrogen and oxygen atoms in total. The first-order chi connectivity index (χ1) is 6.65. The van der Waals surface area contributed by atoms with Crippen molar-refractivity contribution in [2.24, 2.45) is 17.6 Å². The number of hydrogen-bond acceptors (Lipinski definition) is 3. The van der Waals surface area contributed by atoms with Gasteiger partial charge in [-0.15, -0.1) is 0 Å². The van der Waals surface area contributed by atoms with Gasteiger partial charge >= 0.3 is 0 Å². The van der Waals surface area contributed by atoms with Gasteiger partial charge in [0.15, 0.2) is 0 Å². The van der Waals surface area contributed by atoms with Crippen molar-refractivity contribution in [1.82, 2.24) is 5.32 Å². The second-order valence-corrected chi connectivity index (χ2v) is 4.14. The van der Waals surface area contributed by atoms with Crippen molar-refractivity contribution < 1.29 is 9.53 Å². The first kappa shape index (κ1) is 11.5. The lowest BCUT2D eigenvalue weighted by Crippen LogP contribution is -2.37. The first-order valence-electron chi connectivity index (χ1n) is 5.23. The molecule has 1 rings (SSSR count). The summed E-state index contributed by atoms with van der Waals surface area (Å²) in [5.41, 5.74) is 5.21. The number of carbonyl (C=O) groups excluding carboxylic acids is 1. The standard InChI is InChI=1S/C10H20N2O2/c1-7(2)10-8(3-4-14-10)6-12-9(13)5-11/h7-8,10H,3-6,11H2,1-2H3,(H,12,13). The van der Waals surface area contributed by atoms with Crippen LogP contribution < -0.4 is 11.1 Å². The number of ether oxygens (including phenoxy) is 1.